The molecule has 0 rings (SSSR count). The minimum Gasteiger partial charge on any atom is -0.345 e. The Labute approximate surface area is 256 Å². The van der Waals surface area contributed by atoms with E-state index in [0.29, 0.717) is 0 Å². The summed E-state index contributed by atoms with van der Waals surface area (Å²) < 4.78 is 4.46. The molecule has 0 atom stereocenters. The van der Waals surface area contributed by atoms with Gasteiger partial charge in [-0.25, -0.2) is 0 Å². The van der Waals surface area contributed by atoms with Crippen LogP contribution in [0.3, 0.4) is 0 Å². The van der Waals surface area contributed by atoms with Crippen molar-refractivity contribution in [2.75, 3.05) is 0 Å². The molecule has 0 aromatic rings. The highest BCUT2D eigenvalue weighted by molar-refractivity contribution is 8.34. The van der Waals surface area contributed by atoms with Crippen LogP contribution >= 0.6 is 111 Å². The highest BCUT2D eigenvalue weighted by Crippen LogP contribution is 2.57. The van der Waals surface area contributed by atoms with E-state index in [0.717, 1.165) is 0 Å². The number of hydrogen-bond donors (Lipinski definition) is 0. The molecule has 0 radical (unpaired) electrons. The molecule has 0 bridgehead atoms. The van der Waals surface area contributed by atoms with Gasteiger partial charge in [-0.1, -0.05) is 78.6 Å². The molecular formula is C12H36Cl10N2Si9. The van der Waals surface area contributed by atoms with Crippen LogP contribution in [0.2, 0.25) is 78.6 Å². The average molecular weight is 816 g/mol. The second-order valence-corrected chi connectivity index (χ2v) is 97.7. The molecule has 0 spiro atoms. The van der Waals surface area contributed by atoms with Gasteiger partial charge in [-0.2, -0.15) is 0 Å². The van der Waals surface area contributed by atoms with Crippen molar-refractivity contribution in [3.8, 4) is 0 Å². The average Bonchev–Trinajstić information content (AvgIpc) is 2.38. The standard InChI is InChI=1S/C12H36Cl10N2Si9/c1-25(2,3)23(26(4,5)6)29(13,14)31(17,18)33(21,22)32(19,20)30(15,16)24(27(7,8)9)28(10,11)12/h1-12H3. The first-order valence-electron chi connectivity index (χ1n) is 10.2. The maximum Gasteiger partial charge on any atom is 0.330 e. The van der Waals surface area contributed by atoms with E-state index in [1.54, 1.807) is 0 Å². The molecular weight excluding hydrogens is 779 g/mol. The highest BCUT2D eigenvalue weighted by atomic mass is 35.8. The van der Waals surface area contributed by atoms with Gasteiger partial charge in [0, 0.05) is 0 Å². The van der Waals surface area contributed by atoms with Crippen molar-refractivity contribution in [2.24, 2.45) is 0 Å². The second kappa shape index (κ2) is 11.2. The van der Waals surface area contributed by atoms with Gasteiger partial charge in [-0.05, 0) is 0 Å². The largest absolute Gasteiger partial charge is 0.345 e. The van der Waals surface area contributed by atoms with Gasteiger partial charge in [0.2, 0.25) is 0 Å². The number of nitrogens with zero attached hydrogens (tertiary/aromatic N) is 2. The highest BCUT2D eigenvalue weighted by Gasteiger charge is 2.84. The van der Waals surface area contributed by atoms with E-state index in [9.17, 15) is 0 Å². The van der Waals surface area contributed by atoms with Crippen LogP contribution in [0.25, 0.3) is 0 Å². The Balaban J connectivity index is 7.10. The number of hydrogen-bond acceptors (Lipinski definition) is 2. The monoisotopic (exact) mass is 810 g/mol. The first kappa shape index (κ1) is 37.8. The molecule has 0 aliphatic rings. The van der Waals surface area contributed by atoms with Crippen LogP contribution in [0, 0.1) is 0 Å². The van der Waals surface area contributed by atoms with Crippen molar-refractivity contribution in [3.63, 3.8) is 0 Å². The summed E-state index contributed by atoms with van der Waals surface area (Å²) in [6.45, 7) is 25.9. The molecule has 0 saturated heterocycles. The predicted molar refractivity (Wildman–Crippen MR) is 184 cm³/mol. The predicted octanol–water partition coefficient (Wildman–Crippen LogP) is 9.84. The van der Waals surface area contributed by atoms with E-state index < -0.39 is 62.9 Å². The molecule has 0 aliphatic heterocycles. The van der Waals surface area contributed by atoms with Crippen LogP contribution < -0.4 is 0 Å². The van der Waals surface area contributed by atoms with Crippen LogP contribution in [0.15, 0.2) is 0 Å². The van der Waals surface area contributed by atoms with Gasteiger partial charge in [0.15, 0.2) is 0 Å². The van der Waals surface area contributed by atoms with Crippen molar-refractivity contribution in [2.45, 2.75) is 78.6 Å². The zero-order chi connectivity index (χ0) is 27.7. The summed E-state index contributed by atoms with van der Waals surface area (Å²) in [5.41, 5.74) is -11.8. The topological polar surface area (TPSA) is 6.48 Å². The molecule has 0 aliphatic carbocycles. The summed E-state index contributed by atoms with van der Waals surface area (Å²) in [5.74, 6) is 0. The van der Waals surface area contributed by atoms with Crippen LogP contribution in [0.5, 0.6) is 0 Å². The molecule has 0 unspecified atom stereocenters. The van der Waals surface area contributed by atoms with Gasteiger partial charge in [0.05, 0.1) is 0 Å². The molecule has 2 nitrogen and oxygen atoms in total. The smallest absolute Gasteiger partial charge is 0.330 e. The minimum absolute atomic E-state index is 2.09. The van der Waals surface area contributed by atoms with Crippen molar-refractivity contribution < 1.29 is 0 Å². The summed E-state index contributed by atoms with van der Waals surface area (Å²) in [6, 6.07) is 0. The molecule has 0 N–H and O–H groups in total. The molecule has 33 heavy (non-hydrogen) atoms. The Hall–Kier alpha value is 4.77. The van der Waals surface area contributed by atoms with E-state index in [2.05, 4.69) is 86.4 Å². The lowest BCUT2D eigenvalue weighted by molar-refractivity contribution is 0.951. The Morgan fingerprint density at radius 3 is 0.576 bits per heavy atom. The molecule has 0 aromatic heterocycles. The second-order valence-electron chi connectivity index (χ2n) is 12.2. The Kier molecular flexibility index (Phi) is 12.8. The summed E-state index contributed by atoms with van der Waals surface area (Å²) in [7, 11) is -8.36. The third kappa shape index (κ3) is 7.54. The fourth-order valence-electron chi connectivity index (χ4n) is 4.55. The molecule has 21 heteroatoms. The number of rotatable bonds is 10. The first-order valence-corrected chi connectivity index (χ1v) is 48.0. The Morgan fingerprint density at radius 2 is 0.455 bits per heavy atom. The van der Waals surface area contributed by atoms with Crippen LogP contribution in [0.1, 0.15) is 0 Å². The molecule has 200 valence electrons. The molecule has 0 saturated carbocycles. The van der Waals surface area contributed by atoms with E-state index in [1.165, 1.54) is 0 Å². The van der Waals surface area contributed by atoms with Crippen molar-refractivity contribution in [3.05, 3.63) is 0 Å². The lowest BCUT2D eigenvalue weighted by Gasteiger charge is -2.57. The third-order valence-corrected chi connectivity index (χ3v) is 149. The lowest BCUT2D eigenvalue weighted by Crippen LogP contribution is -2.87. The molecule has 0 fully saturated rings. The van der Waals surface area contributed by atoms with E-state index >= 15 is 0 Å². The fourth-order valence-corrected chi connectivity index (χ4v) is 203. The SMILES string of the molecule is C[Si](C)(C)N([Si](C)(C)C)[Si](Cl)(Cl)[Si](Cl)(Cl)[Si](Cl)(Cl)[Si](Cl)(Cl)[Si](Cl)(Cl)N([Si](C)(C)C)[Si](C)(C)C. The summed E-state index contributed by atoms with van der Waals surface area (Å²) in [4.78, 5) is 0. The molecule has 0 aromatic carbocycles. The van der Waals surface area contributed by atoms with Gasteiger partial charge in [-0.15, -0.1) is 111 Å². The molecule has 0 amide bonds. The Bertz CT molecular complexity index is 624. The van der Waals surface area contributed by atoms with Crippen LogP contribution in [0.4, 0.5) is 0 Å². The quantitative estimate of drug-likeness (QED) is 0.160. The first-order chi connectivity index (χ1) is 13.7. The van der Waals surface area contributed by atoms with Gasteiger partial charge in [0.25, 0.3) is 5.73 Å². The van der Waals surface area contributed by atoms with Gasteiger partial charge in [0.1, 0.15) is 32.9 Å². The normalized spacial score (nSPS) is 16.7. The van der Waals surface area contributed by atoms with Crippen molar-refractivity contribution in [1.29, 1.82) is 0 Å². The molecule has 0 heterocycles. The maximum atomic E-state index is 7.26. The zero-order valence-electron chi connectivity index (χ0n) is 21.2. The maximum absolute atomic E-state index is 7.26. The lowest BCUT2D eigenvalue weighted by atomic mass is 11.8. The van der Waals surface area contributed by atoms with Crippen molar-refractivity contribution in [1.82, 2.24) is 7.79 Å². The summed E-state index contributed by atoms with van der Waals surface area (Å²) in [5, 5.41) is 0. The summed E-state index contributed by atoms with van der Waals surface area (Å²) >= 11 is 72.4. The third-order valence-electron chi connectivity index (χ3n) is 4.79. The van der Waals surface area contributed by atoms with Gasteiger partial charge >= 0.3 is 24.2 Å². The number of halogens is 10. The van der Waals surface area contributed by atoms with Crippen LogP contribution in [-0.4, -0.2) is 70.7 Å². The van der Waals surface area contributed by atoms with Gasteiger partial charge < -0.3 is 7.79 Å². The van der Waals surface area contributed by atoms with E-state index in [-0.39, 0.29) is 0 Å². The van der Waals surface area contributed by atoms with E-state index in [4.69, 9.17) is 111 Å². The van der Waals surface area contributed by atoms with E-state index in [1.807, 2.05) is 0 Å². The van der Waals surface area contributed by atoms with Crippen LogP contribution in [-0.2, 0) is 0 Å². The fraction of sp³-hybridized carbons (Fsp3) is 1.00. The Morgan fingerprint density at radius 1 is 0.303 bits per heavy atom. The zero-order valence-corrected chi connectivity index (χ0v) is 37.7. The minimum atomic E-state index is -3.98. The van der Waals surface area contributed by atoms with Crippen molar-refractivity contribution >= 4 is 174 Å². The summed E-state index contributed by atoms with van der Waals surface area (Å²) in [6.07, 6.45) is -7.28. The van der Waals surface area contributed by atoms with Gasteiger partial charge in [-0.3, -0.25) is 0 Å².